The van der Waals surface area contributed by atoms with Crippen molar-refractivity contribution in [3.05, 3.63) is 45.8 Å². The van der Waals surface area contributed by atoms with E-state index < -0.39 is 10.0 Å². The van der Waals surface area contributed by atoms with Crippen molar-refractivity contribution in [3.63, 3.8) is 0 Å². The van der Waals surface area contributed by atoms with Crippen LogP contribution in [0.2, 0.25) is 5.02 Å². The van der Waals surface area contributed by atoms with Crippen LogP contribution in [0.4, 0.5) is 0 Å². The molecular weight excluding hydrogens is 396 g/mol. The number of nitrogens with zero attached hydrogens (tertiary/aromatic N) is 1. The van der Waals surface area contributed by atoms with Crippen molar-refractivity contribution in [2.75, 3.05) is 20.7 Å². The van der Waals surface area contributed by atoms with Crippen LogP contribution in [0.5, 0.6) is 5.75 Å². The van der Waals surface area contributed by atoms with Crippen LogP contribution in [-0.4, -0.2) is 39.3 Å². The van der Waals surface area contributed by atoms with Crippen molar-refractivity contribution < 1.29 is 17.9 Å². The van der Waals surface area contributed by atoms with Crippen molar-refractivity contribution in [2.45, 2.75) is 17.2 Å². The average Bonchev–Trinajstić information content (AvgIpc) is 3.08. The van der Waals surface area contributed by atoms with E-state index in [0.29, 0.717) is 18.1 Å². The largest absolute Gasteiger partial charge is 0.492 e. The summed E-state index contributed by atoms with van der Waals surface area (Å²) in [4.78, 5) is 13.2. The molecule has 1 unspecified atom stereocenters. The van der Waals surface area contributed by atoms with Crippen molar-refractivity contribution in [1.29, 1.82) is 0 Å². The van der Waals surface area contributed by atoms with E-state index >= 15 is 0 Å². The summed E-state index contributed by atoms with van der Waals surface area (Å²) >= 11 is 7.15. The molecular formula is C17H19ClN2O4S2. The van der Waals surface area contributed by atoms with Gasteiger partial charge in [-0.25, -0.2) is 12.7 Å². The lowest BCUT2D eigenvalue weighted by Crippen LogP contribution is -2.36. The lowest BCUT2D eigenvalue weighted by atomic mass is 9.96. The highest BCUT2D eigenvalue weighted by Gasteiger charge is 2.26. The number of nitrogens with one attached hydrogen (secondary N) is 1. The summed E-state index contributed by atoms with van der Waals surface area (Å²) in [7, 11) is -0.466. The Morgan fingerprint density at radius 1 is 1.35 bits per heavy atom. The fourth-order valence-corrected chi connectivity index (χ4v) is 5.28. The molecule has 6 nitrogen and oxygen atoms in total. The number of hydrogen-bond acceptors (Lipinski definition) is 5. The maximum Gasteiger partial charge on any atom is 0.252 e. The number of fused-ring (bicyclic) bond motifs is 1. The number of carbonyl (C=O) groups is 1. The van der Waals surface area contributed by atoms with Crippen LogP contribution in [0.3, 0.4) is 0 Å². The first-order valence-electron chi connectivity index (χ1n) is 7.97. The fourth-order valence-electron chi connectivity index (χ4n) is 2.62. The molecule has 2 heterocycles. The van der Waals surface area contributed by atoms with Crippen molar-refractivity contribution in [1.82, 2.24) is 9.62 Å². The highest BCUT2D eigenvalue weighted by molar-refractivity contribution is 7.91. The SMILES string of the molecule is CN(C)S(=O)(=O)c1ccc(CNC(=O)C2COc3ccc(Cl)cc3C2)s1. The topological polar surface area (TPSA) is 75.7 Å². The molecule has 26 heavy (non-hydrogen) atoms. The third kappa shape index (κ3) is 4.03. The minimum absolute atomic E-state index is 0.124. The Kier molecular flexibility index (Phi) is 5.57. The van der Waals surface area contributed by atoms with Crippen LogP contribution in [0.15, 0.2) is 34.5 Å². The summed E-state index contributed by atoms with van der Waals surface area (Å²) in [6.45, 7) is 0.594. The van der Waals surface area contributed by atoms with Gasteiger partial charge in [-0.2, -0.15) is 0 Å². The first-order valence-corrected chi connectivity index (χ1v) is 10.6. The normalized spacial score (nSPS) is 16.8. The van der Waals surface area contributed by atoms with Gasteiger partial charge in [0, 0.05) is 24.0 Å². The number of thiophene rings is 1. The average molecular weight is 415 g/mol. The molecule has 9 heteroatoms. The first-order chi connectivity index (χ1) is 12.3. The molecule has 1 aliphatic heterocycles. The number of ether oxygens (including phenoxy) is 1. The number of sulfonamides is 1. The molecule has 0 aliphatic carbocycles. The van der Waals surface area contributed by atoms with Gasteiger partial charge in [-0.05, 0) is 42.3 Å². The number of hydrogen-bond donors (Lipinski definition) is 1. The van der Waals surface area contributed by atoms with Crippen molar-refractivity contribution >= 4 is 38.9 Å². The van der Waals surface area contributed by atoms with Crippen molar-refractivity contribution in [3.8, 4) is 5.75 Å². The highest BCUT2D eigenvalue weighted by atomic mass is 35.5. The third-order valence-corrected chi connectivity index (χ3v) is 7.71. The number of carbonyl (C=O) groups excluding carboxylic acids is 1. The van der Waals surface area contributed by atoms with E-state index in [4.69, 9.17) is 16.3 Å². The Morgan fingerprint density at radius 2 is 2.12 bits per heavy atom. The Balaban J connectivity index is 1.61. The molecule has 1 atom stereocenters. The lowest BCUT2D eigenvalue weighted by molar-refractivity contribution is -0.126. The first kappa shape index (κ1) is 19.2. The molecule has 0 saturated heterocycles. The van der Waals surface area contributed by atoms with Crippen LogP contribution in [0, 0.1) is 5.92 Å². The minimum Gasteiger partial charge on any atom is -0.492 e. The molecule has 1 aromatic heterocycles. The second-order valence-corrected chi connectivity index (χ2v) is 10.2. The second kappa shape index (κ2) is 7.56. The Labute approximate surface area is 161 Å². The van der Waals surface area contributed by atoms with E-state index in [9.17, 15) is 13.2 Å². The van der Waals surface area contributed by atoms with Crippen molar-refractivity contribution in [2.24, 2.45) is 5.92 Å². The lowest BCUT2D eigenvalue weighted by Gasteiger charge is -2.24. The highest BCUT2D eigenvalue weighted by Crippen LogP contribution is 2.30. The van der Waals surface area contributed by atoms with Gasteiger partial charge in [0.1, 0.15) is 16.6 Å². The van der Waals surface area contributed by atoms with E-state index in [-0.39, 0.29) is 22.6 Å². The molecule has 1 aliphatic rings. The summed E-state index contributed by atoms with van der Waals surface area (Å²) in [6, 6.07) is 8.66. The predicted molar refractivity (Wildman–Crippen MR) is 101 cm³/mol. The van der Waals surface area contributed by atoms with Crippen LogP contribution < -0.4 is 10.1 Å². The van der Waals surface area contributed by atoms with Gasteiger partial charge in [-0.15, -0.1) is 11.3 Å². The molecule has 1 aromatic carbocycles. The summed E-state index contributed by atoms with van der Waals surface area (Å²) in [5.41, 5.74) is 0.916. The Hall–Kier alpha value is -1.61. The molecule has 0 spiro atoms. The summed E-state index contributed by atoms with van der Waals surface area (Å²) < 4.78 is 31.3. The summed E-state index contributed by atoms with van der Waals surface area (Å²) in [5.74, 6) is 0.335. The van der Waals surface area contributed by atoms with Crippen LogP contribution in [0.1, 0.15) is 10.4 Å². The maximum atomic E-state index is 12.4. The fraction of sp³-hybridized carbons (Fsp3) is 0.353. The zero-order valence-electron chi connectivity index (χ0n) is 14.4. The van der Waals surface area contributed by atoms with Gasteiger partial charge in [0.25, 0.3) is 10.0 Å². The molecule has 1 N–H and O–H groups in total. The summed E-state index contributed by atoms with van der Waals surface area (Å²) in [6.07, 6.45) is 0.562. The monoisotopic (exact) mass is 414 g/mol. The van der Waals surface area contributed by atoms with E-state index in [0.717, 1.165) is 27.5 Å². The number of amides is 1. The molecule has 0 bridgehead atoms. The summed E-state index contributed by atoms with van der Waals surface area (Å²) in [5, 5.41) is 3.47. The van der Waals surface area contributed by atoms with E-state index in [1.807, 2.05) is 12.1 Å². The van der Waals surface area contributed by atoms with Gasteiger partial charge >= 0.3 is 0 Å². The zero-order chi connectivity index (χ0) is 18.9. The third-order valence-electron chi connectivity index (χ3n) is 4.11. The smallest absolute Gasteiger partial charge is 0.252 e. The molecule has 1 amide bonds. The molecule has 0 saturated carbocycles. The van der Waals surface area contributed by atoms with Crippen LogP contribution in [-0.2, 0) is 27.8 Å². The van der Waals surface area contributed by atoms with Gasteiger partial charge in [-0.1, -0.05) is 11.6 Å². The molecule has 0 radical (unpaired) electrons. The molecule has 140 valence electrons. The Bertz CT molecular complexity index is 925. The Morgan fingerprint density at radius 3 is 2.85 bits per heavy atom. The zero-order valence-corrected chi connectivity index (χ0v) is 16.7. The van der Waals surface area contributed by atoms with Gasteiger partial charge in [0.05, 0.1) is 12.5 Å². The van der Waals surface area contributed by atoms with E-state index in [2.05, 4.69) is 5.32 Å². The van der Waals surface area contributed by atoms with E-state index in [1.54, 1.807) is 18.2 Å². The quantitative estimate of drug-likeness (QED) is 0.815. The van der Waals surface area contributed by atoms with Gasteiger partial charge in [-0.3, -0.25) is 4.79 Å². The standard InChI is InChI=1S/C17H19ClN2O4S2/c1-20(2)26(22,23)16-6-4-14(25-16)9-19-17(21)12-7-11-8-13(18)3-5-15(11)24-10-12/h3-6,8,12H,7,9-10H2,1-2H3,(H,19,21). The van der Waals surface area contributed by atoms with E-state index in [1.165, 1.54) is 18.4 Å². The van der Waals surface area contributed by atoms with Gasteiger partial charge in [0.2, 0.25) is 5.91 Å². The number of halogens is 1. The van der Waals surface area contributed by atoms with Gasteiger partial charge in [0.15, 0.2) is 0 Å². The molecule has 3 rings (SSSR count). The second-order valence-electron chi connectivity index (χ2n) is 6.19. The molecule has 0 fully saturated rings. The maximum absolute atomic E-state index is 12.4. The van der Waals surface area contributed by atoms with Crippen LogP contribution >= 0.6 is 22.9 Å². The number of benzene rings is 1. The number of rotatable bonds is 5. The van der Waals surface area contributed by atoms with Gasteiger partial charge < -0.3 is 10.1 Å². The molecule has 2 aromatic rings. The predicted octanol–water partition coefficient (Wildman–Crippen LogP) is 2.52. The van der Waals surface area contributed by atoms with Crippen LogP contribution in [0.25, 0.3) is 0 Å². The minimum atomic E-state index is -3.45.